The molecular formula is C17H20N2O4. The highest BCUT2D eigenvalue weighted by atomic mass is 16.5. The van der Waals surface area contributed by atoms with Crippen LogP contribution in [0.2, 0.25) is 0 Å². The highest BCUT2D eigenvalue weighted by Crippen LogP contribution is 2.23. The fraction of sp³-hybridized carbons (Fsp3) is 0.353. The molecule has 0 saturated heterocycles. The van der Waals surface area contributed by atoms with Gasteiger partial charge in [-0.2, -0.15) is 0 Å². The number of aryl methyl sites for hydroxylation is 2. The van der Waals surface area contributed by atoms with E-state index in [1.807, 2.05) is 19.9 Å². The van der Waals surface area contributed by atoms with Gasteiger partial charge in [0, 0.05) is 18.0 Å². The van der Waals surface area contributed by atoms with Crippen LogP contribution >= 0.6 is 0 Å². The molecule has 122 valence electrons. The summed E-state index contributed by atoms with van der Waals surface area (Å²) in [7, 11) is 0. The van der Waals surface area contributed by atoms with Crippen LogP contribution in [-0.4, -0.2) is 22.1 Å². The van der Waals surface area contributed by atoms with Crippen LogP contribution in [0.25, 0.3) is 0 Å². The molecule has 2 aromatic rings. The number of benzene rings is 1. The Balaban J connectivity index is 2.16. The third-order valence-corrected chi connectivity index (χ3v) is 3.45. The van der Waals surface area contributed by atoms with E-state index < -0.39 is 5.97 Å². The predicted octanol–water partition coefficient (Wildman–Crippen LogP) is 3.38. The SMILES string of the molecule is Cc1noc(C(C)C)c1C(=O)Nc1cccc(CCC(=O)O)c1. The lowest BCUT2D eigenvalue weighted by atomic mass is 10.0. The van der Waals surface area contributed by atoms with Gasteiger partial charge in [0.05, 0.1) is 5.69 Å². The van der Waals surface area contributed by atoms with E-state index in [0.29, 0.717) is 29.1 Å². The number of carbonyl (C=O) groups is 2. The van der Waals surface area contributed by atoms with Crippen LogP contribution in [0.5, 0.6) is 0 Å². The lowest BCUT2D eigenvalue weighted by molar-refractivity contribution is -0.136. The minimum absolute atomic E-state index is 0.0545. The molecule has 0 aliphatic heterocycles. The monoisotopic (exact) mass is 316 g/mol. The lowest BCUT2D eigenvalue weighted by Crippen LogP contribution is -2.15. The minimum atomic E-state index is -0.846. The number of aromatic nitrogens is 1. The van der Waals surface area contributed by atoms with Crippen molar-refractivity contribution in [1.29, 1.82) is 0 Å². The maximum Gasteiger partial charge on any atom is 0.303 e. The Morgan fingerprint density at radius 1 is 1.35 bits per heavy atom. The number of carboxylic acid groups (broad SMARTS) is 1. The van der Waals surface area contributed by atoms with Crippen LogP contribution in [0, 0.1) is 6.92 Å². The first-order chi connectivity index (χ1) is 10.9. The van der Waals surface area contributed by atoms with Crippen LogP contribution in [0.3, 0.4) is 0 Å². The fourth-order valence-electron chi connectivity index (χ4n) is 2.31. The Labute approximate surface area is 134 Å². The number of hydrogen-bond acceptors (Lipinski definition) is 4. The topological polar surface area (TPSA) is 92.4 Å². The van der Waals surface area contributed by atoms with Crippen molar-refractivity contribution in [3.63, 3.8) is 0 Å². The van der Waals surface area contributed by atoms with Gasteiger partial charge in [-0.05, 0) is 31.0 Å². The molecule has 1 aromatic heterocycles. The maximum absolute atomic E-state index is 12.5. The Hall–Kier alpha value is -2.63. The first-order valence-electron chi connectivity index (χ1n) is 7.46. The fourth-order valence-corrected chi connectivity index (χ4v) is 2.31. The summed E-state index contributed by atoms with van der Waals surface area (Å²) in [5.41, 5.74) is 2.48. The zero-order valence-electron chi connectivity index (χ0n) is 13.4. The second-order valence-corrected chi connectivity index (χ2v) is 5.71. The third-order valence-electron chi connectivity index (χ3n) is 3.45. The van der Waals surface area contributed by atoms with Gasteiger partial charge < -0.3 is 14.9 Å². The molecule has 6 heteroatoms. The van der Waals surface area contributed by atoms with Crippen LogP contribution in [-0.2, 0) is 11.2 Å². The summed E-state index contributed by atoms with van der Waals surface area (Å²) >= 11 is 0. The molecule has 1 aromatic carbocycles. The summed E-state index contributed by atoms with van der Waals surface area (Å²) in [6.45, 7) is 5.60. The molecule has 0 fully saturated rings. The van der Waals surface area contributed by atoms with Crippen molar-refractivity contribution in [3.8, 4) is 0 Å². The van der Waals surface area contributed by atoms with Gasteiger partial charge in [-0.1, -0.05) is 31.1 Å². The number of nitrogens with one attached hydrogen (secondary N) is 1. The average Bonchev–Trinajstić information content (AvgIpc) is 2.87. The highest BCUT2D eigenvalue weighted by molar-refractivity contribution is 6.05. The van der Waals surface area contributed by atoms with Crippen molar-refractivity contribution in [3.05, 3.63) is 46.8 Å². The van der Waals surface area contributed by atoms with Gasteiger partial charge in [0.25, 0.3) is 5.91 Å². The smallest absolute Gasteiger partial charge is 0.303 e. The summed E-state index contributed by atoms with van der Waals surface area (Å²) in [5.74, 6) is -0.509. The first-order valence-corrected chi connectivity index (χ1v) is 7.46. The van der Waals surface area contributed by atoms with Gasteiger partial charge in [0.1, 0.15) is 5.56 Å². The Morgan fingerprint density at radius 2 is 2.09 bits per heavy atom. The summed E-state index contributed by atoms with van der Waals surface area (Å²) in [6.07, 6.45) is 0.474. The standard InChI is InChI=1S/C17H20N2O4/c1-10(2)16-15(11(3)19-23-16)17(22)18-13-6-4-5-12(9-13)7-8-14(20)21/h4-6,9-10H,7-8H2,1-3H3,(H,18,22)(H,20,21). The van der Waals surface area contributed by atoms with E-state index in [-0.39, 0.29) is 18.2 Å². The summed E-state index contributed by atoms with van der Waals surface area (Å²) in [5, 5.41) is 15.4. The van der Waals surface area contributed by atoms with Gasteiger partial charge >= 0.3 is 5.97 Å². The third kappa shape index (κ3) is 4.18. The number of amides is 1. The van der Waals surface area contributed by atoms with Crippen molar-refractivity contribution in [2.75, 3.05) is 5.32 Å². The number of carbonyl (C=O) groups excluding carboxylic acids is 1. The molecule has 0 bridgehead atoms. The second kappa shape index (κ2) is 7.09. The molecule has 0 spiro atoms. The second-order valence-electron chi connectivity index (χ2n) is 5.71. The van der Waals surface area contributed by atoms with E-state index in [1.54, 1.807) is 25.1 Å². The van der Waals surface area contributed by atoms with Crippen LogP contribution in [0.4, 0.5) is 5.69 Å². The zero-order valence-corrected chi connectivity index (χ0v) is 13.4. The van der Waals surface area contributed by atoms with Crippen LogP contribution in [0.1, 0.15) is 53.6 Å². The minimum Gasteiger partial charge on any atom is -0.481 e. The van der Waals surface area contributed by atoms with Crippen molar-refractivity contribution in [2.24, 2.45) is 0 Å². The van der Waals surface area contributed by atoms with Crippen LogP contribution < -0.4 is 5.32 Å². The van der Waals surface area contributed by atoms with E-state index in [1.165, 1.54) is 0 Å². The number of aliphatic carboxylic acids is 1. The molecule has 0 saturated carbocycles. The number of nitrogens with zero attached hydrogens (tertiary/aromatic N) is 1. The van der Waals surface area contributed by atoms with Gasteiger partial charge in [-0.25, -0.2) is 0 Å². The van der Waals surface area contributed by atoms with Gasteiger partial charge in [0.15, 0.2) is 5.76 Å². The van der Waals surface area contributed by atoms with Crippen molar-refractivity contribution < 1.29 is 19.2 Å². The molecule has 1 heterocycles. The number of hydrogen-bond donors (Lipinski definition) is 2. The predicted molar refractivity (Wildman–Crippen MR) is 85.7 cm³/mol. The largest absolute Gasteiger partial charge is 0.481 e. The highest BCUT2D eigenvalue weighted by Gasteiger charge is 2.22. The Kier molecular flexibility index (Phi) is 5.16. The molecule has 0 radical (unpaired) electrons. The molecule has 1 amide bonds. The molecule has 23 heavy (non-hydrogen) atoms. The van der Waals surface area contributed by atoms with E-state index >= 15 is 0 Å². The molecule has 0 aliphatic rings. The number of carboxylic acids is 1. The first kappa shape index (κ1) is 16.7. The summed E-state index contributed by atoms with van der Waals surface area (Å²) < 4.78 is 5.23. The molecule has 6 nitrogen and oxygen atoms in total. The van der Waals surface area contributed by atoms with Gasteiger partial charge in [-0.3, -0.25) is 9.59 Å². The number of rotatable bonds is 6. The Morgan fingerprint density at radius 3 is 2.74 bits per heavy atom. The van der Waals surface area contributed by atoms with E-state index in [2.05, 4.69) is 10.5 Å². The molecule has 0 aliphatic carbocycles. The van der Waals surface area contributed by atoms with E-state index in [9.17, 15) is 9.59 Å². The number of anilines is 1. The quantitative estimate of drug-likeness (QED) is 0.852. The molecule has 0 unspecified atom stereocenters. The maximum atomic E-state index is 12.5. The van der Waals surface area contributed by atoms with Crippen molar-refractivity contribution in [2.45, 2.75) is 39.5 Å². The average molecular weight is 316 g/mol. The van der Waals surface area contributed by atoms with Crippen molar-refractivity contribution >= 4 is 17.6 Å². The molecule has 2 rings (SSSR count). The zero-order chi connectivity index (χ0) is 17.0. The normalized spacial score (nSPS) is 10.8. The van der Waals surface area contributed by atoms with Crippen molar-refractivity contribution in [1.82, 2.24) is 5.16 Å². The Bertz CT molecular complexity index is 719. The molecular weight excluding hydrogens is 296 g/mol. The van der Waals surface area contributed by atoms with Crippen LogP contribution in [0.15, 0.2) is 28.8 Å². The van der Waals surface area contributed by atoms with E-state index in [4.69, 9.17) is 9.63 Å². The van der Waals surface area contributed by atoms with Gasteiger partial charge in [0.2, 0.25) is 0 Å². The summed E-state index contributed by atoms with van der Waals surface area (Å²) in [6, 6.07) is 7.16. The van der Waals surface area contributed by atoms with E-state index in [0.717, 1.165) is 5.56 Å². The summed E-state index contributed by atoms with van der Waals surface area (Å²) in [4.78, 5) is 23.1. The van der Waals surface area contributed by atoms with Gasteiger partial charge in [-0.15, -0.1) is 0 Å². The molecule has 2 N–H and O–H groups in total. The molecule has 0 atom stereocenters. The lowest BCUT2D eigenvalue weighted by Gasteiger charge is -2.08.